The van der Waals surface area contributed by atoms with Gasteiger partial charge >= 0.3 is 5.97 Å². The molecule has 18 heavy (non-hydrogen) atoms. The third-order valence-electron chi connectivity index (χ3n) is 2.18. The predicted molar refractivity (Wildman–Crippen MR) is 59.2 cm³/mol. The molecule has 1 aromatic rings. The molecule has 1 rings (SSSR count). The van der Waals surface area contributed by atoms with Gasteiger partial charge in [-0.3, -0.25) is 14.4 Å². The van der Waals surface area contributed by atoms with Gasteiger partial charge in [-0.05, 0) is 12.1 Å². The lowest BCUT2D eigenvalue weighted by molar-refractivity contribution is -0.139. The SMILES string of the molecule is COc1ccc(C(=O)CC(=O)CC(=O)O)c(F)c1. The van der Waals surface area contributed by atoms with Gasteiger partial charge in [0, 0.05) is 6.07 Å². The molecule has 0 amide bonds. The molecule has 0 saturated carbocycles. The van der Waals surface area contributed by atoms with Gasteiger partial charge in [0.15, 0.2) is 11.6 Å². The van der Waals surface area contributed by atoms with Crippen LogP contribution in [0.5, 0.6) is 5.75 Å². The highest BCUT2D eigenvalue weighted by Crippen LogP contribution is 2.17. The Kier molecular flexibility index (Phi) is 4.53. The molecule has 6 heteroatoms. The summed E-state index contributed by atoms with van der Waals surface area (Å²) >= 11 is 0. The van der Waals surface area contributed by atoms with E-state index in [9.17, 15) is 18.8 Å². The number of carbonyl (C=O) groups is 3. The van der Waals surface area contributed by atoms with E-state index < -0.39 is 36.2 Å². The highest BCUT2D eigenvalue weighted by Gasteiger charge is 2.17. The van der Waals surface area contributed by atoms with E-state index >= 15 is 0 Å². The maximum absolute atomic E-state index is 13.5. The summed E-state index contributed by atoms with van der Waals surface area (Å²) in [5, 5.41) is 8.37. The highest BCUT2D eigenvalue weighted by molar-refractivity contribution is 6.11. The van der Waals surface area contributed by atoms with Gasteiger partial charge in [0.25, 0.3) is 0 Å². The monoisotopic (exact) mass is 254 g/mol. The van der Waals surface area contributed by atoms with Gasteiger partial charge < -0.3 is 9.84 Å². The molecule has 5 nitrogen and oxygen atoms in total. The number of carboxylic acids is 1. The zero-order valence-corrected chi connectivity index (χ0v) is 9.60. The number of halogens is 1. The second kappa shape index (κ2) is 5.90. The van der Waals surface area contributed by atoms with E-state index in [1.54, 1.807) is 0 Å². The van der Waals surface area contributed by atoms with Crippen LogP contribution in [-0.2, 0) is 9.59 Å². The summed E-state index contributed by atoms with van der Waals surface area (Å²) in [5.41, 5.74) is -0.255. The number of rotatable bonds is 6. The summed E-state index contributed by atoms with van der Waals surface area (Å²) in [7, 11) is 1.35. The van der Waals surface area contributed by atoms with E-state index in [2.05, 4.69) is 0 Å². The summed E-state index contributed by atoms with van der Waals surface area (Å²) in [5.74, 6) is -3.38. The molecule has 96 valence electrons. The Bertz CT molecular complexity index is 495. The molecule has 0 spiro atoms. The Balaban J connectivity index is 2.78. The number of carbonyl (C=O) groups excluding carboxylic acids is 2. The van der Waals surface area contributed by atoms with Gasteiger partial charge in [-0.2, -0.15) is 0 Å². The summed E-state index contributed by atoms with van der Waals surface area (Å²) in [6, 6.07) is 3.61. The molecule has 0 aliphatic carbocycles. The number of hydrogen-bond donors (Lipinski definition) is 1. The molecule has 0 radical (unpaired) electrons. The number of ketones is 2. The van der Waals surface area contributed by atoms with E-state index in [1.165, 1.54) is 19.2 Å². The van der Waals surface area contributed by atoms with Crippen LogP contribution < -0.4 is 4.74 Å². The second-order valence-electron chi connectivity index (χ2n) is 3.55. The van der Waals surface area contributed by atoms with Crippen molar-refractivity contribution in [2.75, 3.05) is 7.11 Å². The van der Waals surface area contributed by atoms with Crippen LogP contribution in [0.25, 0.3) is 0 Å². The van der Waals surface area contributed by atoms with E-state index in [1.807, 2.05) is 0 Å². The molecule has 0 aliphatic rings. The number of benzene rings is 1. The smallest absolute Gasteiger partial charge is 0.310 e. The van der Waals surface area contributed by atoms with Crippen LogP contribution in [0, 0.1) is 5.82 Å². The molecule has 0 unspecified atom stereocenters. The van der Waals surface area contributed by atoms with E-state index in [0.717, 1.165) is 6.07 Å². The lowest BCUT2D eigenvalue weighted by atomic mass is 10.0. The Morgan fingerprint density at radius 2 is 1.94 bits per heavy atom. The fourth-order valence-corrected chi connectivity index (χ4v) is 1.35. The molecule has 0 atom stereocenters. The quantitative estimate of drug-likeness (QED) is 0.613. The van der Waals surface area contributed by atoms with Crippen LogP contribution in [0.2, 0.25) is 0 Å². The molecular formula is C12H11FO5. The molecule has 0 fully saturated rings. The van der Waals surface area contributed by atoms with Crippen LogP contribution in [-0.4, -0.2) is 29.8 Å². The van der Waals surface area contributed by atoms with Crippen LogP contribution in [0.15, 0.2) is 18.2 Å². The van der Waals surface area contributed by atoms with Gasteiger partial charge in [-0.25, -0.2) is 4.39 Å². The summed E-state index contributed by atoms with van der Waals surface area (Å²) in [6.45, 7) is 0. The minimum Gasteiger partial charge on any atom is -0.497 e. The Labute approximate surface area is 102 Å². The first-order valence-corrected chi connectivity index (χ1v) is 5.04. The van der Waals surface area contributed by atoms with Gasteiger partial charge in [0.2, 0.25) is 0 Å². The van der Waals surface area contributed by atoms with E-state index in [4.69, 9.17) is 9.84 Å². The van der Waals surface area contributed by atoms with E-state index in [-0.39, 0.29) is 11.3 Å². The van der Waals surface area contributed by atoms with Crippen molar-refractivity contribution in [1.29, 1.82) is 0 Å². The number of ether oxygens (including phenoxy) is 1. The largest absolute Gasteiger partial charge is 0.497 e. The van der Waals surface area contributed by atoms with Crippen LogP contribution in [0.3, 0.4) is 0 Å². The van der Waals surface area contributed by atoms with Crippen molar-refractivity contribution in [2.24, 2.45) is 0 Å². The van der Waals surface area contributed by atoms with Crippen molar-refractivity contribution in [1.82, 2.24) is 0 Å². The van der Waals surface area contributed by atoms with Gasteiger partial charge in [0.05, 0.1) is 19.1 Å². The van der Waals surface area contributed by atoms with Crippen molar-refractivity contribution in [2.45, 2.75) is 12.8 Å². The maximum atomic E-state index is 13.5. The molecule has 0 heterocycles. The van der Waals surface area contributed by atoms with Crippen molar-refractivity contribution in [3.8, 4) is 5.75 Å². The van der Waals surface area contributed by atoms with E-state index in [0.29, 0.717) is 0 Å². The number of carboxylic acid groups (broad SMARTS) is 1. The second-order valence-corrected chi connectivity index (χ2v) is 3.55. The zero-order valence-electron chi connectivity index (χ0n) is 9.60. The minimum atomic E-state index is -1.32. The van der Waals surface area contributed by atoms with Crippen LogP contribution in [0.1, 0.15) is 23.2 Å². The van der Waals surface area contributed by atoms with Crippen molar-refractivity contribution < 1.29 is 28.6 Å². The number of aliphatic carboxylic acids is 1. The molecule has 0 saturated heterocycles. The number of methoxy groups -OCH3 is 1. The Morgan fingerprint density at radius 1 is 1.28 bits per heavy atom. The molecular weight excluding hydrogens is 243 g/mol. The molecule has 0 bridgehead atoms. The first-order chi connectivity index (χ1) is 8.43. The van der Waals surface area contributed by atoms with Gasteiger partial charge in [-0.1, -0.05) is 0 Å². The predicted octanol–water partition coefficient (Wildman–Crippen LogP) is 1.45. The average molecular weight is 254 g/mol. The fraction of sp³-hybridized carbons (Fsp3) is 0.250. The minimum absolute atomic E-state index is 0.251. The topological polar surface area (TPSA) is 80.7 Å². The summed E-state index contributed by atoms with van der Waals surface area (Å²) < 4.78 is 18.2. The van der Waals surface area contributed by atoms with Crippen molar-refractivity contribution in [3.63, 3.8) is 0 Å². The lowest BCUT2D eigenvalue weighted by Gasteiger charge is -2.04. The first kappa shape index (κ1) is 13.8. The van der Waals surface area contributed by atoms with Crippen molar-refractivity contribution in [3.05, 3.63) is 29.6 Å². The van der Waals surface area contributed by atoms with Crippen molar-refractivity contribution >= 4 is 17.5 Å². The average Bonchev–Trinajstić information content (AvgIpc) is 2.27. The molecule has 0 aromatic heterocycles. The van der Waals surface area contributed by atoms with Gasteiger partial charge in [0.1, 0.15) is 18.0 Å². The third-order valence-corrected chi connectivity index (χ3v) is 2.18. The maximum Gasteiger partial charge on any atom is 0.310 e. The van der Waals surface area contributed by atoms with Gasteiger partial charge in [-0.15, -0.1) is 0 Å². The number of Topliss-reactive ketones (excluding diaryl/α,β-unsaturated/α-hetero) is 2. The molecule has 0 aliphatic heterocycles. The highest BCUT2D eigenvalue weighted by atomic mass is 19.1. The zero-order chi connectivity index (χ0) is 13.7. The molecule has 1 N–H and O–H groups in total. The van der Waals surface area contributed by atoms with Crippen LogP contribution >= 0.6 is 0 Å². The fourth-order valence-electron chi connectivity index (χ4n) is 1.35. The standard InChI is InChI=1S/C12H11FO5/c1-18-8-2-3-9(10(13)6-8)11(15)4-7(14)5-12(16)17/h2-3,6H,4-5H2,1H3,(H,16,17). The summed E-state index contributed by atoms with van der Waals surface area (Å²) in [4.78, 5) is 32.9. The number of hydrogen-bond acceptors (Lipinski definition) is 4. The third kappa shape index (κ3) is 3.65. The normalized spacial score (nSPS) is 9.89. The Morgan fingerprint density at radius 3 is 2.44 bits per heavy atom. The lowest BCUT2D eigenvalue weighted by Crippen LogP contribution is -2.13. The van der Waals surface area contributed by atoms with Crippen LogP contribution in [0.4, 0.5) is 4.39 Å². The molecule has 1 aromatic carbocycles. The Hall–Kier alpha value is -2.24. The summed E-state index contributed by atoms with van der Waals surface area (Å²) in [6.07, 6.45) is -1.38. The first-order valence-electron chi connectivity index (χ1n) is 5.04.